The summed E-state index contributed by atoms with van der Waals surface area (Å²) in [6, 6.07) is -1.86. The van der Waals surface area contributed by atoms with Gasteiger partial charge in [-0.1, -0.05) is 20.8 Å². The Bertz CT molecular complexity index is 1240. The third-order valence-corrected chi connectivity index (χ3v) is 9.71. The van der Waals surface area contributed by atoms with Crippen LogP contribution in [0.15, 0.2) is 10.4 Å². The second-order valence-corrected chi connectivity index (χ2v) is 13.7. The van der Waals surface area contributed by atoms with Crippen molar-refractivity contribution in [2.45, 2.75) is 83.8 Å². The largest absolute Gasteiger partial charge is 0.469 e. The number of amides is 2. The topological polar surface area (TPSA) is 136 Å². The molecule has 0 spiro atoms. The van der Waals surface area contributed by atoms with E-state index >= 15 is 0 Å². The van der Waals surface area contributed by atoms with Crippen molar-refractivity contribution in [3.05, 3.63) is 16.1 Å². The molecule has 2 unspecified atom stereocenters. The Morgan fingerprint density at radius 3 is 2.40 bits per heavy atom. The normalized spacial score (nSPS) is 19.6. The first-order chi connectivity index (χ1) is 21.1. The van der Waals surface area contributed by atoms with E-state index in [0.29, 0.717) is 24.7 Å². The number of alkyl halides is 3. The molecule has 2 aliphatic rings. The van der Waals surface area contributed by atoms with Crippen LogP contribution in [0.5, 0.6) is 0 Å². The van der Waals surface area contributed by atoms with Gasteiger partial charge in [0.15, 0.2) is 11.8 Å². The van der Waals surface area contributed by atoms with E-state index < -0.39 is 53.8 Å². The summed E-state index contributed by atoms with van der Waals surface area (Å²) in [7, 11) is 2.96. The van der Waals surface area contributed by atoms with Crippen LogP contribution in [0.2, 0.25) is 0 Å². The summed E-state index contributed by atoms with van der Waals surface area (Å²) in [5.41, 5.74) is -1.02. The van der Waals surface area contributed by atoms with E-state index in [1.165, 1.54) is 25.8 Å². The first kappa shape index (κ1) is 36.7. The van der Waals surface area contributed by atoms with E-state index in [0.717, 1.165) is 16.7 Å². The van der Waals surface area contributed by atoms with Crippen molar-refractivity contribution in [1.29, 1.82) is 0 Å². The van der Waals surface area contributed by atoms with Crippen LogP contribution in [0.1, 0.15) is 57.7 Å². The number of hydrogen-bond donors (Lipinski definition) is 1. The lowest BCUT2D eigenvalue weighted by atomic mass is 9.95. The van der Waals surface area contributed by atoms with Gasteiger partial charge in [-0.3, -0.25) is 24.2 Å². The van der Waals surface area contributed by atoms with Gasteiger partial charge < -0.3 is 24.4 Å². The molecular weight excluding hydrogens is 637 g/mol. The Hall–Kier alpha value is -2.72. The molecule has 252 valence electrons. The monoisotopic (exact) mass is 678 g/mol. The molecule has 3 heterocycles. The van der Waals surface area contributed by atoms with Gasteiger partial charge in [-0.25, -0.2) is 4.98 Å². The predicted octanol–water partition coefficient (Wildman–Crippen LogP) is 3.74. The smallest absolute Gasteiger partial charge is 0.434 e. The van der Waals surface area contributed by atoms with Crippen LogP contribution in [-0.4, -0.2) is 96.0 Å². The van der Waals surface area contributed by atoms with E-state index in [1.807, 2.05) is 13.8 Å². The van der Waals surface area contributed by atoms with Gasteiger partial charge in [-0.15, -0.1) is 23.1 Å². The first-order valence-corrected chi connectivity index (χ1v) is 16.6. The highest BCUT2D eigenvalue weighted by molar-refractivity contribution is 8.14. The average molecular weight is 679 g/mol. The van der Waals surface area contributed by atoms with Crippen molar-refractivity contribution in [1.82, 2.24) is 15.2 Å². The molecule has 45 heavy (non-hydrogen) atoms. The molecule has 11 nitrogen and oxygen atoms in total. The van der Waals surface area contributed by atoms with Gasteiger partial charge in [0.1, 0.15) is 11.1 Å². The number of esters is 2. The summed E-state index contributed by atoms with van der Waals surface area (Å²) in [4.78, 5) is 60.4. The molecule has 1 aromatic heterocycles. The highest BCUT2D eigenvalue weighted by Gasteiger charge is 2.37. The molecule has 0 aliphatic carbocycles. The van der Waals surface area contributed by atoms with Gasteiger partial charge >= 0.3 is 18.1 Å². The molecule has 16 heteroatoms. The van der Waals surface area contributed by atoms with Crippen LogP contribution in [0, 0.1) is 17.8 Å². The van der Waals surface area contributed by atoms with Crippen LogP contribution in [0.4, 0.5) is 13.2 Å². The van der Waals surface area contributed by atoms with Crippen molar-refractivity contribution < 1.29 is 46.6 Å². The second kappa shape index (κ2) is 16.2. The first-order valence-electron chi connectivity index (χ1n) is 14.7. The molecule has 1 aromatic rings. The van der Waals surface area contributed by atoms with Gasteiger partial charge in [0.05, 0.1) is 31.2 Å². The van der Waals surface area contributed by atoms with Gasteiger partial charge in [0.2, 0.25) is 11.8 Å². The molecule has 1 N–H and O–H groups in total. The summed E-state index contributed by atoms with van der Waals surface area (Å²) < 4.78 is 54.9. The fourth-order valence-corrected chi connectivity index (χ4v) is 7.11. The van der Waals surface area contributed by atoms with Gasteiger partial charge in [-0.05, 0) is 12.3 Å². The Morgan fingerprint density at radius 2 is 1.87 bits per heavy atom. The van der Waals surface area contributed by atoms with E-state index in [2.05, 4.69) is 15.3 Å². The summed E-state index contributed by atoms with van der Waals surface area (Å²) in [6.07, 6.45) is -4.65. The maximum atomic E-state index is 13.4. The number of ether oxygens (including phenoxy) is 3. The number of carbonyl (C=O) groups is 4. The van der Waals surface area contributed by atoms with Gasteiger partial charge in [-0.2, -0.15) is 13.2 Å². The zero-order chi connectivity index (χ0) is 33.5. The van der Waals surface area contributed by atoms with Crippen LogP contribution in [0.25, 0.3) is 0 Å². The Morgan fingerprint density at radius 1 is 1.18 bits per heavy atom. The Kier molecular flexibility index (Phi) is 13.2. The number of aromatic nitrogens is 1. The lowest BCUT2D eigenvalue weighted by Gasteiger charge is -2.35. The lowest BCUT2D eigenvalue weighted by molar-refractivity contribution is -0.146. The fraction of sp³-hybridized carbons (Fsp3) is 0.724. The molecule has 1 fully saturated rings. The van der Waals surface area contributed by atoms with Crippen LogP contribution in [-0.2, 0) is 46.0 Å². The summed E-state index contributed by atoms with van der Waals surface area (Å²) in [6.45, 7) is 7.94. The molecule has 0 saturated carbocycles. The van der Waals surface area contributed by atoms with Crippen molar-refractivity contribution >= 4 is 51.9 Å². The molecule has 0 bridgehead atoms. The molecule has 2 aliphatic heterocycles. The SMILES string of the molecule is COC(=O)[C@@H](C)C[C@H](Cc1nc(C(F)(F)F)cs1)NC(=O)C1CSC([C@@H](CC(C(C)C)N(C)C(=O)CC2COC2)OC(C)=O)=N1. The zero-order valence-electron chi connectivity index (χ0n) is 26.2. The number of nitrogens with one attached hydrogen (secondary N) is 1. The molecule has 0 aromatic carbocycles. The van der Waals surface area contributed by atoms with Gasteiger partial charge in [0.25, 0.3) is 0 Å². The number of carbonyl (C=O) groups excluding carboxylic acids is 4. The van der Waals surface area contributed by atoms with Crippen molar-refractivity contribution in [2.75, 3.05) is 33.1 Å². The van der Waals surface area contributed by atoms with E-state index in [9.17, 15) is 32.3 Å². The van der Waals surface area contributed by atoms with E-state index in [4.69, 9.17) is 14.2 Å². The summed E-state index contributed by atoms with van der Waals surface area (Å²) in [5.74, 6) is -1.74. The van der Waals surface area contributed by atoms with Crippen molar-refractivity contribution in [2.24, 2.45) is 22.7 Å². The Labute approximate surface area is 269 Å². The number of rotatable bonds is 15. The standard InChI is InChI=1S/C29H41F3N4O7S2/c1-15(2)21(36(5)25(38)8-18-11-42-12-18)10-22(43-17(4)37)27-34-20(13-45-27)26(39)33-19(7-16(3)28(40)41-6)9-24-35-23(14-44-24)29(30,31)32/h14-16,18-22H,7-13H2,1-6H3,(H,33,39)/t16-,19+,20?,21?,22+/m0/s1. The third kappa shape index (κ3) is 10.7. The number of nitrogens with zero attached hydrogens (tertiary/aromatic N) is 3. The predicted molar refractivity (Wildman–Crippen MR) is 163 cm³/mol. The number of methoxy groups -OCH3 is 1. The lowest BCUT2D eigenvalue weighted by Crippen LogP contribution is -2.45. The number of aliphatic imine (C=N–C) groups is 1. The highest BCUT2D eigenvalue weighted by Crippen LogP contribution is 2.31. The van der Waals surface area contributed by atoms with Crippen molar-refractivity contribution in [3.63, 3.8) is 0 Å². The average Bonchev–Trinajstić information content (AvgIpc) is 3.62. The number of halogens is 3. The highest BCUT2D eigenvalue weighted by atomic mass is 32.2. The van der Waals surface area contributed by atoms with Crippen LogP contribution in [0.3, 0.4) is 0 Å². The molecule has 5 atom stereocenters. The molecule has 1 saturated heterocycles. The molecule has 0 radical (unpaired) electrons. The molecule has 3 rings (SSSR count). The minimum absolute atomic E-state index is 0.0241. The maximum Gasteiger partial charge on any atom is 0.434 e. The van der Waals surface area contributed by atoms with E-state index in [1.54, 1.807) is 18.9 Å². The summed E-state index contributed by atoms with van der Waals surface area (Å²) >= 11 is 2.09. The minimum Gasteiger partial charge on any atom is -0.469 e. The Balaban J connectivity index is 1.74. The van der Waals surface area contributed by atoms with Crippen LogP contribution < -0.4 is 5.32 Å². The number of thioether (sulfide) groups is 1. The van der Waals surface area contributed by atoms with E-state index in [-0.39, 0.29) is 53.8 Å². The van der Waals surface area contributed by atoms with Crippen molar-refractivity contribution in [3.8, 4) is 0 Å². The summed E-state index contributed by atoms with van der Waals surface area (Å²) in [5, 5.41) is 4.35. The number of thiazole rings is 1. The number of hydrogen-bond acceptors (Lipinski definition) is 11. The quantitative estimate of drug-likeness (QED) is 0.275. The zero-order valence-corrected chi connectivity index (χ0v) is 27.9. The van der Waals surface area contributed by atoms with Gasteiger partial charge in [0, 0.05) is 62.4 Å². The third-order valence-electron chi connectivity index (χ3n) is 7.70. The fourth-order valence-electron chi connectivity index (χ4n) is 5.14. The molecular formula is C29H41F3N4O7S2. The molecule has 2 amide bonds. The van der Waals surface area contributed by atoms with Crippen LogP contribution >= 0.6 is 23.1 Å². The minimum atomic E-state index is -4.60. The second-order valence-electron chi connectivity index (χ2n) is 11.7. The maximum absolute atomic E-state index is 13.4.